The summed E-state index contributed by atoms with van der Waals surface area (Å²) < 4.78 is 32.4. The SMILES string of the molecule is CC(C)(C)OC(=O)N1[C@@H]2CC[C@H]1[C@@H]([C@@H](O)C(F)F)N(Cc1ccccc1)C2. The van der Waals surface area contributed by atoms with E-state index in [0.29, 0.717) is 19.5 Å². The number of amides is 1. The van der Waals surface area contributed by atoms with Gasteiger partial charge in [-0.1, -0.05) is 30.3 Å². The molecule has 0 aromatic heterocycles. The number of likely N-dealkylation sites (tertiary alicyclic amines) is 1. The molecular weight excluding hydrogens is 354 g/mol. The first-order chi connectivity index (χ1) is 12.7. The van der Waals surface area contributed by atoms with Crippen LogP contribution >= 0.6 is 0 Å². The highest BCUT2D eigenvalue weighted by molar-refractivity contribution is 5.70. The number of alkyl halides is 2. The molecule has 4 atom stereocenters. The molecule has 0 radical (unpaired) electrons. The normalized spacial score (nSPS) is 27.1. The van der Waals surface area contributed by atoms with Crippen molar-refractivity contribution in [1.29, 1.82) is 0 Å². The number of carbonyl (C=O) groups excluding carboxylic acids is 1. The zero-order chi connectivity index (χ0) is 19.8. The maximum absolute atomic E-state index is 13.4. The van der Waals surface area contributed by atoms with Crippen LogP contribution in [-0.4, -0.2) is 63.8 Å². The van der Waals surface area contributed by atoms with E-state index in [2.05, 4.69) is 0 Å². The monoisotopic (exact) mass is 382 g/mol. The number of aliphatic hydroxyl groups is 1. The molecule has 0 unspecified atom stereocenters. The number of rotatable bonds is 4. The first-order valence-electron chi connectivity index (χ1n) is 9.43. The minimum absolute atomic E-state index is 0.0883. The van der Waals surface area contributed by atoms with Crippen molar-refractivity contribution >= 4 is 6.09 Å². The van der Waals surface area contributed by atoms with Gasteiger partial charge in [-0.15, -0.1) is 0 Å². The third kappa shape index (κ3) is 4.41. The van der Waals surface area contributed by atoms with Crippen LogP contribution in [0, 0.1) is 0 Å². The van der Waals surface area contributed by atoms with Crippen molar-refractivity contribution in [3.63, 3.8) is 0 Å². The fourth-order valence-electron chi connectivity index (χ4n) is 4.24. The Labute approximate surface area is 158 Å². The van der Waals surface area contributed by atoms with Crippen molar-refractivity contribution in [3.8, 4) is 0 Å². The predicted octanol–water partition coefficient (Wildman–Crippen LogP) is 3.26. The van der Waals surface area contributed by atoms with Crippen LogP contribution in [0.3, 0.4) is 0 Å². The van der Waals surface area contributed by atoms with Crippen LogP contribution < -0.4 is 0 Å². The largest absolute Gasteiger partial charge is 0.444 e. The highest BCUT2D eigenvalue weighted by Crippen LogP contribution is 2.38. The molecule has 2 aliphatic heterocycles. The summed E-state index contributed by atoms with van der Waals surface area (Å²) in [5.41, 5.74) is 0.336. The van der Waals surface area contributed by atoms with E-state index in [1.165, 1.54) is 0 Å². The van der Waals surface area contributed by atoms with Crippen LogP contribution in [0.5, 0.6) is 0 Å². The van der Waals surface area contributed by atoms with E-state index in [1.807, 2.05) is 35.2 Å². The van der Waals surface area contributed by atoms with E-state index in [1.54, 1.807) is 25.7 Å². The molecule has 0 spiro atoms. The summed E-state index contributed by atoms with van der Waals surface area (Å²) >= 11 is 0. The van der Waals surface area contributed by atoms with Gasteiger partial charge < -0.3 is 9.84 Å². The van der Waals surface area contributed by atoms with E-state index in [9.17, 15) is 18.7 Å². The van der Waals surface area contributed by atoms with Gasteiger partial charge in [0, 0.05) is 19.1 Å². The van der Waals surface area contributed by atoms with Crippen LogP contribution in [0.25, 0.3) is 0 Å². The second-order valence-corrected chi connectivity index (χ2v) is 8.42. The molecule has 2 fully saturated rings. The van der Waals surface area contributed by atoms with E-state index in [0.717, 1.165) is 12.0 Å². The zero-order valence-electron chi connectivity index (χ0n) is 16.0. The van der Waals surface area contributed by atoms with Crippen LogP contribution in [0.1, 0.15) is 39.2 Å². The number of carbonyl (C=O) groups is 1. The van der Waals surface area contributed by atoms with E-state index >= 15 is 0 Å². The van der Waals surface area contributed by atoms with Crippen LogP contribution in [0.4, 0.5) is 13.6 Å². The van der Waals surface area contributed by atoms with Crippen molar-refractivity contribution in [1.82, 2.24) is 9.80 Å². The summed E-state index contributed by atoms with van der Waals surface area (Å²) in [6, 6.07) is 8.19. The number of ether oxygens (including phenoxy) is 1. The third-order valence-corrected chi connectivity index (χ3v) is 5.25. The lowest BCUT2D eigenvalue weighted by Gasteiger charge is -2.48. The second-order valence-electron chi connectivity index (χ2n) is 8.42. The maximum Gasteiger partial charge on any atom is 0.410 e. The summed E-state index contributed by atoms with van der Waals surface area (Å²) in [6.45, 7) is 6.25. The summed E-state index contributed by atoms with van der Waals surface area (Å²) in [6.07, 6.45) is -3.86. The number of nitrogens with zero attached hydrogens (tertiary/aromatic N) is 2. The van der Waals surface area contributed by atoms with Crippen LogP contribution in [0.2, 0.25) is 0 Å². The Bertz CT molecular complexity index is 650. The summed E-state index contributed by atoms with van der Waals surface area (Å²) in [7, 11) is 0. The smallest absolute Gasteiger partial charge is 0.410 e. The van der Waals surface area contributed by atoms with Gasteiger partial charge in [0.2, 0.25) is 0 Å². The van der Waals surface area contributed by atoms with Gasteiger partial charge in [0.05, 0.1) is 12.1 Å². The number of piperazine rings is 1. The third-order valence-electron chi connectivity index (χ3n) is 5.25. The summed E-state index contributed by atoms with van der Waals surface area (Å²) in [5, 5.41) is 10.3. The van der Waals surface area contributed by atoms with Gasteiger partial charge in [0.25, 0.3) is 6.43 Å². The molecule has 0 aliphatic carbocycles. The molecule has 2 saturated heterocycles. The van der Waals surface area contributed by atoms with Crippen LogP contribution in [0.15, 0.2) is 30.3 Å². The molecule has 27 heavy (non-hydrogen) atoms. The van der Waals surface area contributed by atoms with Crippen molar-refractivity contribution < 1.29 is 23.4 Å². The lowest BCUT2D eigenvalue weighted by atomic mass is 9.96. The first-order valence-corrected chi connectivity index (χ1v) is 9.43. The van der Waals surface area contributed by atoms with Crippen molar-refractivity contribution in [3.05, 3.63) is 35.9 Å². The molecule has 1 aromatic carbocycles. The Balaban J connectivity index is 1.85. The Kier molecular flexibility index (Phi) is 5.72. The highest BCUT2D eigenvalue weighted by atomic mass is 19.3. The number of hydrogen-bond donors (Lipinski definition) is 1. The quantitative estimate of drug-likeness (QED) is 0.869. The fourth-order valence-corrected chi connectivity index (χ4v) is 4.24. The van der Waals surface area contributed by atoms with Gasteiger partial charge in [0.15, 0.2) is 0 Å². The Morgan fingerprint density at radius 3 is 2.52 bits per heavy atom. The van der Waals surface area contributed by atoms with E-state index < -0.39 is 36.3 Å². The average Bonchev–Trinajstić information content (AvgIpc) is 2.89. The van der Waals surface area contributed by atoms with Gasteiger partial charge in [-0.2, -0.15) is 0 Å². The molecule has 0 saturated carbocycles. The number of aliphatic hydroxyl groups excluding tert-OH is 1. The number of halogens is 2. The van der Waals surface area contributed by atoms with Gasteiger partial charge in [-0.3, -0.25) is 9.80 Å². The zero-order valence-corrected chi connectivity index (χ0v) is 16.0. The van der Waals surface area contributed by atoms with Gasteiger partial charge in [0.1, 0.15) is 11.7 Å². The lowest BCUT2D eigenvalue weighted by Crippen LogP contribution is -2.65. The topological polar surface area (TPSA) is 53.0 Å². The van der Waals surface area contributed by atoms with Crippen molar-refractivity contribution in [2.45, 2.75) is 76.4 Å². The van der Waals surface area contributed by atoms with Crippen molar-refractivity contribution in [2.24, 2.45) is 0 Å². The molecule has 2 bridgehead atoms. The standard InChI is InChI=1S/C20H28F2N2O3/c1-20(2,3)27-19(26)24-14-9-10-15(24)16(17(25)18(21)22)23(12-14)11-13-7-5-4-6-8-13/h4-8,14-18,25H,9-12H2,1-3H3/t14-,15+,16+,17-/m1/s1. The second kappa shape index (κ2) is 7.72. The molecule has 5 nitrogen and oxygen atoms in total. The fraction of sp³-hybridized carbons (Fsp3) is 0.650. The molecule has 1 N–H and O–H groups in total. The van der Waals surface area contributed by atoms with Gasteiger partial charge >= 0.3 is 6.09 Å². The molecule has 2 aliphatic rings. The van der Waals surface area contributed by atoms with E-state index in [4.69, 9.17) is 4.74 Å². The summed E-state index contributed by atoms with van der Waals surface area (Å²) in [4.78, 5) is 16.2. The Morgan fingerprint density at radius 1 is 1.26 bits per heavy atom. The van der Waals surface area contributed by atoms with Crippen molar-refractivity contribution in [2.75, 3.05) is 6.54 Å². The molecular formula is C20H28F2N2O3. The minimum atomic E-state index is -2.87. The average molecular weight is 382 g/mol. The Hall–Kier alpha value is -1.73. The minimum Gasteiger partial charge on any atom is -0.444 e. The molecule has 1 aromatic rings. The lowest BCUT2D eigenvalue weighted by molar-refractivity contribution is -0.103. The van der Waals surface area contributed by atoms with Gasteiger partial charge in [-0.25, -0.2) is 13.6 Å². The molecule has 7 heteroatoms. The Morgan fingerprint density at radius 2 is 1.93 bits per heavy atom. The highest BCUT2D eigenvalue weighted by Gasteiger charge is 2.53. The molecule has 3 rings (SSSR count). The van der Waals surface area contributed by atoms with Gasteiger partial charge in [-0.05, 0) is 39.2 Å². The number of hydrogen-bond acceptors (Lipinski definition) is 4. The molecule has 1 amide bonds. The molecule has 150 valence electrons. The number of benzene rings is 1. The number of fused-ring (bicyclic) bond motifs is 2. The summed E-state index contributed by atoms with van der Waals surface area (Å²) in [5.74, 6) is 0. The van der Waals surface area contributed by atoms with Crippen LogP contribution in [-0.2, 0) is 11.3 Å². The van der Waals surface area contributed by atoms with E-state index in [-0.39, 0.29) is 6.04 Å². The first kappa shape index (κ1) is 20.0. The molecule has 2 heterocycles. The predicted molar refractivity (Wildman–Crippen MR) is 97.5 cm³/mol. The maximum atomic E-state index is 13.4.